The molecule has 0 radical (unpaired) electrons. The van der Waals surface area contributed by atoms with Crippen molar-refractivity contribution < 1.29 is 28.6 Å². The van der Waals surface area contributed by atoms with Crippen molar-refractivity contribution in [1.82, 2.24) is 3.71 Å². The molecule has 0 aromatic carbocycles. The summed E-state index contributed by atoms with van der Waals surface area (Å²) in [4.78, 5) is 33.9. The first-order valence-electron chi connectivity index (χ1n) is 5.13. The Morgan fingerprint density at radius 2 is 1.67 bits per heavy atom. The van der Waals surface area contributed by atoms with Gasteiger partial charge in [0.15, 0.2) is 0 Å². The van der Waals surface area contributed by atoms with Gasteiger partial charge in [-0.3, -0.25) is 4.79 Å². The summed E-state index contributed by atoms with van der Waals surface area (Å²) >= 11 is 7.15. The monoisotopic (exact) mass is 297 g/mol. The smallest absolute Gasteiger partial charge is 0.430 e. The van der Waals surface area contributed by atoms with Gasteiger partial charge in [0.25, 0.3) is 0 Å². The molecule has 1 amide bonds. The van der Waals surface area contributed by atoms with Crippen LogP contribution in [0.1, 0.15) is 20.3 Å². The van der Waals surface area contributed by atoms with Gasteiger partial charge >= 0.3 is 18.0 Å². The highest BCUT2D eigenvalue weighted by Crippen LogP contribution is 2.09. The van der Waals surface area contributed by atoms with Crippen molar-refractivity contribution in [3.63, 3.8) is 0 Å². The highest BCUT2D eigenvalue weighted by Gasteiger charge is 2.29. The summed E-state index contributed by atoms with van der Waals surface area (Å²) in [5.41, 5.74) is 0. The van der Waals surface area contributed by atoms with Crippen molar-refractivity contribution in [3.05, 3.63) is 0 Å². The van der Waals surface area contributed by atoms with Crippen LogP contribution in [-0.2, 0) is 23.8 Å². The number of hydrogen-bond acceptors (Lipinski definition) is 8. The van der Waals surface area contributed by atoms with Crippen LogP contribution >= 0.6 is 25.6 Å². The lowest BCUT2D eigenvalue weighted by atomic mass is 10.2. The number of ether oxygens (including phenoxy) is 3. The first-order chi connectivity index (χ1) is 8.42. The van der Waals surface area contributed by atoms with Crippen molar-refractivity contribution in [1.29, 1.82) is 0 Å². The molecule has 9 heteroatoms. The molecule has 0 bridgehead atoms. The minimum atomic E-state index is -1.38. The van der Waals surface area contributed by atoms with Crippen LogP contribution in [0.5, 0.6) is 0 Å². The third-order valence-corrected chi connectivity index (χ3v) is 1.94. The highest BCUT2D eigenvalue weighted by molar-refractivity contribution is 7.94. The van der Waals surface area contributed by atoms with Crippen LogP contribution in [0, 0.1) is 0 Å². The van der Waals surface area contributed by atoms with Crippen LogP contribution < -0.4 is 0 Å². The minimum absolute atomic E-state index is 0.0984. The van der Waals surface area contributed by atoms with Gasteiger partial charge in [-0.15, -0.1) is 0 Å². The summed E-state index contributed by atoms with van der Waals surface area (Å²) < 4.78 is 14.6. The largest absolute Gasteiger partial charge is 0.466 e. The average Bonchev–Trinajstić information content (AvgIpc) is 2.28. The molecular formula is C9H15NO6S2. The lowest BCUT2D eigenvalue weighted by Gasteiger charge is -2.17. The molecule has 0 rings (SSSR count). The van der Waals surface area contributed by atoms with Gasteiger partial charge in [0, 0.05) is 0 Å². The molecule has 0 N–H and O–H groups in total. The lowest BCUT2D eigenvalue weighted by molar-refractivity contribution is -0.159. The standard InChI is InChI=1S/C9H15NO6S2/c1-3-14-7(11)5-6(8(12)15-4-2)16-9(13)10(17)18/h6,17-18H,3-5H2,1-2H3. The minimum Gasteiger partial charge on any atom is -0.466 e. The molecule has 0 aliphatic heterocycles. The van der Waals surface area contributed by atoms with Crippen LogP contribution in [0.15, 0.2) is 0 Å². The molecule has 7 nitrogen and oxygen atoms in total. The molecule has 0 heterocycles. The second-order valence-corrected chi connectivity index (χ2v) is 4.04. The number of rotatable bonds is 6. The maximum Gasteiger partial charge on any atom is 0.430 e. The molecule has 0 saturated carbocycles. The molecule has 18 heavy (non-hydrogen) atoms. The number of thiol groups is 2. The van der Waals surface area contributed by atoms with E-state index in [1.165, 1.54) is 0 Å². The predicted molar refractivity (Wildman–Crippen MR) is 68.0 cm³/mol. The van der Waals surface area contributed by atoms with Gasteiger partial charge in [0.1, 0.15) is 0 Å². The van der Waals surface area contributed by atoms with Gasteiger partial charge in [0.2, 0.25) is 6.10 Å². The fraction of sp³-hybridized carbons (Fsp3) is 0.667. The topological polar surface area (TPSA) is 82.1 Å². The van der Waals surface area contributed by atoms with Crippen LogP contribution in [0.25, 0.3) is 0 Å². The normalized spacial score (nSPS) is 11.3. The van der Waals surface area contributed by atoms with Crippen molar-refractivity contribution in [2.75, 3.05) is 13.2 Å². The summed E-state index contributed by atoms with van der Waals surface area (Å²) in [5.74, 6) is -1.50. The maximum absolute atomic E-state index is 11.5. The summed E-state index contributed by atoms with van der Waals surface area (Å²) in [5, 5.41) is 0. The molecule has 0 aromatic heterocycles. The van der Waals surface area contributed by atoms with Gasteiger partial charge in [-0.25, -0.2) is 9.59 Å². The van der Waals surface area contributed by atoms with Crippen LogP contribution in [-0.4, -0.2) is 41.1 Å². The second kappa shape index (κ2) is 8.92. The Balaban J connectivity index is 4.56. The number of esters is 2. The van der Waals surface area contributed by atoms with Crippen molar-refractivity contribution in [2.24, 2.45) is 0 Å². The van der Waals surface area contributed by atoms with E-state index in [4.69, 9.17) is 4.74 Å². The zero-order valence-electron chi connectivity index (χ0n) is 9.99. The summed E-state index contributed by atoms with van der Waals surface area (Å²) in [7, 11) is 0. The molecular weight excluding hydrogens is 282 g/mol. The van der Waals surface area contributed by atoms with Crippen molar-refractivity contribution in [3.8, 4) is 0 Å². The number of amides is 1. The van der Waals surface area contributed by atoms with E-state index in [9.17, 15) is 14.4 Å². The first-order valence-corrected chi connectivity index (χ1v) is 5.93. The quantitative estimate of drug-likeness (QED) is 0.432. The summed E-state index contributed by atoms with van der Waals surface area (Å²) in [6, 6.07) is 0. The molecule has 1 atom stereocenters. The Labute approximate surface area is 116 Å². The number of carbonyl (C=O) groups is 3. The summed E-state index contributed by atoms with van der Waals surface area (Å²) in [6.07, 6.45) is -2.80. The molecule has 0 spiro atoms. The van der Waals surface area contributed by atoms with Gasteiger partial charge < -0.3 is 14.2 Å². The predicted octanol–water partition coefficient (Wildman–Crippen LogP) is 1.000. The molecule has 104 valence electrons. The molecule has 0 fully saturated rings. The highest BCUT2D eigenvalue weighted by atomic mass is 32.2. The molecule has 0 aromatic rings. The van der Waals surface area contributed by atoms with E-state index in [-0.39, 0.29) is 13.2 Å². The Hall–Kier alpha value is -1.09. The van der Waals surface area contributed by atoms with E-state index in [1.54, 1.807) is 13.8 Å². The third kappa shape index (κ3) is 6.60. The number of carbonyl (C=O) groups excluding carboxylic acids is 3. The van der Waals surface area contributed by atoms with Crippen LogP contribution in [0.3, 0.4) is 0 Å². The Kier molecular flexibility index (Phi) is 8.38. The van der Waals surface area contributed by atoms with Crippen molar-refractivity contribution in [2.45, 2.75) is 26.4 Å². The van der Waals surface area contributed by atoms with E-state index < -0.39 is 30.6 Å². The molecule has 0 saturated heterocycles. The van der Waals surface area contributed by atoms with Gasteiger partial charge in [-0.1, -0.05) is 0 Å². The Morgan fingerprint density at radius 1 is 1.11 bits per heavy atom. The molecule has 0 aliphatic rings. The third-order valence-electron chi connectivity index (χ3n) is 1.61. The first kappa shape index (κ1) is 16.9. The van der Waals surface area contributed by atoms with E-state index >= 15 is 0 Å². The number of hydrogen-bond donors (Lipinski definition) is 2. The zero-order valence-corrected chi connectivity index (χ0v) is 11.8. The zero-order chi connectivity index (χ0) is 14.1. The Morgan fingerprint density at radius 3 is 2.11 bits per heavy atom. The SMILES string of the molecule is CCOC(=O)CC(OC(=O)N(S)S)C(=O)OCC. The fourth-order valence-corrected chi connectivity index (χ4v) is 1.04. The Bertz CT molecular complexity index is 309. The van der Waals surface area contributed by atoms with E-state index in [0.717, 1.165) is 0 Å². The van der Waals surface area contributed by atoms with Crippen molar-refractivity contribution >= 4 is 43.7 Å². The van der Waals surface area contributed by atoms with Crippen LogP contribution in [0.4, 0.5) is 4.79 Å². The van der Waals surface area contributed by atoms with E-state index in [1.807, 2.05) is 0 Å². The van der Waals surface area contributed by atoms with Gasteiger partial charge in [-0.05, 0) is 39.5 Å². The fourth-order valence-electron chi connectivity index (χ4n) is 0.948. The number of nitrogens with zero attached hydrogens (tertiary/aromatic N) is 1. The van der Waals surface area contributed by atoms with Gasteiger partial charge in [-0.2, -0.15) is 3.71 Å². The molecule has 0 aliphatic carbocycles. The second-order valence-electron chi connectivity index (χ2n) is 2.92. The maximum atomic E-state index is 11.5. The van der Waals surface area contributed by atoms with E-state index in [2.05, 4.69) is 35.1 Å². The van der Waals surface area contributed by atoms with Crippen LogP contribution in [0.2, 0.25) is 0 Å². The summed E-state index contributed by atoms with van der Waals surface area (Å²) in [6.45, 7) is 3.46. The van der Waals surface area contributed by atoms with Gasteiger partial charge in [0.05, 0.1) is 19.6 Å². The van der Waals surface area contributed by atoms with E-state index in [0.29, 0.717) is 3.71 Å². The lowest BCUT2D eigenvalue weighted by Crippen LogP contribution is -2.33. The molecule has 1 unspecified atom stereocenters. The average molecular weight is 297 g/mol.